The first-order valence-corrected chi connectivity index (χ1v) is 12.6. The molecule has 0 saturated carbocycles. The first-order valence-electron chi connectivity index (χ1n) is 9.93. The number of hydrogen-bond acceptors (Lipinski definition) is 10. The molecule has 1 aliphatic heterocycles. The summed E-state index contributed by atoms with van der Waals surface area (Å²) >= 11 is 1.45. The lowest BCUT2D eigenvalue weighted by atomic mass is 10.2. The number of aromatic nitrogens is 5. The van der Waals surface area contributed by atoms with Crippen LogP contribution in [-0.4, -0.2) is 70.3 Å². The van der Waals surface area contributed by atoms with Crippen molar-refractivity contribution < 1.29 is 8.42 Å². The largest absolute Gasteiger partial charge is 0.369 e. The standard InChI is InChI=1S/C20H20N8O2S2/c1-32(29,30)28-10-8-27(9-11-28)15-5-6-21-18(12-15)26-20-25-17-3-2-16(24-19(17)31-20)14-4-7-22-23-13-14/h2-7,12-13H,8-11H2,1H3,(H,21,25,26). The molecule has 0 amide bonds. The average molecular weight is 469 g/mol. The van der Waals surface area contributed by atoms with Crippen molar-refractivity contribution in [2.45, 2.75) is 0 Å². The Morgan fingerprint density at radius 3 is 2.59 bits per heavy atom. The zero-order valence-electron chi connectivity index (χ0n) is 17.2. The van der Waals surface area contributed by atoms with Gasteiger partial charge in [0.2, 0.25) is 10.0 Å². The van der Waals surface area contributed by atoms with Crippen LogP contribution in [-0.2, 0) is 10.0 Å². The second-order valence-corrected chi connectivity index (χ2v) is 10.3. The molecule has 12 heteroatoms. The summed E-state index contributed by atoms with van der Waals surface area (Å²) in [6.45, 7) is 2.22. The van der Waals surface area contributed by atoms with Gasteiger partial charge in [-0.05, 0) is 24.3 Å². The van der Waals surface area contributed by atoms with E-state index in [4.69, 9.17) is 4.98 Å². The van der Waals surface area contributed by atoms with Gasteiger partial charge in [-0.3, -0.25) is 0 Å². The number of nitrogens with zero attached hydrogens (tertiary/aromatic N) is 7. The molecule has 0 spiro atoms. The molecule has 0 atom stereocenters. The van der Waals surface area contributed by atoms with Crippen LogP contribution in [0.5, 0.6) is 0 Å². The summed E-state index contributed by atoms with van der Waals surface area (Å²) in [6, 6.07) is 9.59. The van der Waals surface area contributed by atoms with Gasteiger partial charge in [-0.25, -0.2) is 23.4 Å². The zero-order valence-corrected chi connectivity index (χ0v) is 18.8. The van der Waals surface area contributed by atoms with Gasteiger partial charge in [0.25, 0.3) is 0 Å². The van der Waals surface area contributed by atoms with Gasteiger partial charge in [0.05, 0.1) is 24.3 Å². The minimum absolute atomic E-state index is 0.475. The number of thiazole rings is 1. The third-order valence-corrected chi connectivity index (χ3v) is 7.37. The van der Waals surface area contributed by atoms with Crippen molar-refractivity contribution in [1.29, 1.82) is 0 Å². The summed E-state index contributed by atoms with van der Waals surface area (Å²) < 4.78 is 25.0. The third-order valence-electron chi connectivity index (χ3n) is 5.19. The number of piperazine rings is 1. The fourth-order valence-electron chi connectivity index (χ4n) is 3.55. The number of anilines is 3. The Hall–Kier alpha value is -3.22. The quantitative estimate of drug-likeness (QED) is 0.471. The van der Waals surface area contributed by atoms with Gasteiger partial charge in [0.1, 0.15) is 16.2 Å². The molecule has 32 heavy (non-hydrogen) atoms. The topological polar surface area (TPSA) is 117 Å². The molecule has 1 aliphatic rings. The second kappa shape index (κ2) is 8.37. The minimum atomic E-state index is -3.15. The summed E-state index contributed by atoms with van der Waals surface area (Å²) in [5, 5.41) is 11.7. The number of rotatable bonds is 5. The summed E-state index contributed by atoms with van der Waals surface area (Å²) in [5.74, 6) is 0.672. The highest BCUT2D eigenvalue weighted by Gasteiger charge is 2.23. The Balaban J connectivity index is 1.32. The van der Waals surface area contributed by atoms with Crippen LogP contribution >= 0.6 is 11.3 Å². The molecule has 0 unspecified atom stereocenters. The van der Waals surface area contributed by atoms with Crippen LogP contribution < -0.4 is 10.2 Å². The van der Waals surface area contributed by atoms with Crippen LogP contribution in [0.15, 0.2) is 48.9 Å². The van der Waals surface area contributed by atoms with Crippen LogP contribution in [0, 0.1) is 0 Å². The first kappa shape index (κ1) is 20.7. The molecular weight excluding hydrogens is 448 g/mol. The molecule has 4 aromatic rings. The highest BCUT2D eigenvalue weighted by Crippen LogP contribution is 2.29. The zero-order chi connectivity index (χ0) is 22.1. The minimum Gasteiger partial charge on any atom is -0.369 e. The smallest absolute Gasteiger partial charge is 0.211 e. The lowest BCUT2D eigenvalue weighted by molar-refractivity contribution is 0.388. The number of pyridine rings is 2. The molecule has 0 radical (unpaired) electrons. The summed E-state index contributed by atoms with van der Waals surface area (Å²) in [4.78, 5) is 16.7. The van der Waals surface area contributed by atoms with Gasteiger partial charge < -0.3 is 10.2 Å². The van der Waals surface area contributed by atoms with Gasteiger partial charge in [0, 0.05) is 49.7 Å². The highest BCUT2D eigenvalue weighted by atomic mass is 32.2. The van der Waals surface area contributed by atoms with Crippen molar-refractivity contribution in [3.8, 4) is 11.3 Å². The Morgan fingerprint density at radius 2 is 1.84 bits per heavy atom. The van der Waals surface area contributed by atoms with Crippen molar-refractivity contribution in [3.05, 3.63) is 48.9 Å². The van der Waals surface area contributed by atoms with E-state index in [0.29, 0.717) is 37.1 Å². The monoisotopic (exact) mass is 468 g/mol. The van der Waals surface area contributed by atoms with Gasteiger partial charge in [-0.1, -0.05) is 11.3 Å². The molecule has 10 nitrogen and oxygen atoms in total. The molecule has 1 N–H and O–H groups in total. The van der Waals surface area contributed by atoms with Gasteiger partial charge >= 0.3 is 0 Å². The Kier molecular flexibility index (Phi) is 5.41. The summed E-state index contributed by atoms with van der Waals surface area (Å²) in [7, 11) is -3.15. The van der Waals surface area contributed by atoms with Gasteiger partial charge in [0.15, 0.2) is 5.13 Å². The molecule has 1 fully saturated rings. The average Bonchev–Trinajstić information content (AvgIpc) is 3.21. The van der Waals surface area contributed by atoms with E-state index in [1.807, 2.05) is 30.3 Å². The first-order chi connectivity index (χ1) is 15.5. The van der Waals surface area contributed by atoms with Crippen LogP contribution in [0.25, 0.3) is 21.6 Å². The van der Waals surface area contributed by atoms with Gasteiger partial charge in [-0.2, -0.15) is 14.5 Å². The van der Waals surface area contributed by atoms with Crippen molar-refractivity contribution in [2.24, 2.45) is 0 Å². The van der Waals surface area contributed by atoms with Crippen LogP contribution in [0.2, 0.25) is 0 Å². The Bertz CT molecular complexity index is 1350. The fraction of sp³-hybridized carbons (Fsp3) is 0.250. The lowest BCUT2D eigenvalue weighted by Crippen LogP contribution is -2.48. The van der Waals surface area contributed by atoms with E-state index in [1.165, 1.54) is 21.9 Å². The lowest BCUT2D eigenvalue weighted by Gasteiger charge is -2.34. The molecule has 5 rings (SSSR count). The van der Waals surface area contributed by atoms with Crippen LogP contribution in [0.3, 0.4) is 0 Å². The molecular formula is C20H20N8O2S2. The van der Waals surface area contributed by atoms with Crippen LogP contribution in [0.1, 0.15) is 0 Å². The normalized spacial score (nSPS) is 15.2. The summed E-state index contributed by atoms with van der Waals surface area (Å²) in [6.07, 6.45) is 6.31. The highest BCUT2D eigenvalue weighted by molar-refractivity contribution is 7.88. The van der Waals surface area contributed by atoms with E-state index in [9.17, 15) is 8.42 Å². The summed E-state index contributed by atoms with van der Waals surface area (Å²) in [5.41, 5.74) is 3.50. The van der Waals surface area contributed by atoms with Crippen molar-refractivity contribution in [2.75, 3.05) is 42.7 Å². The second-order valence-electron chi connectivity index (χ2n) is 7.34. The molecule has 1 saturated heterocycles. The van der Waals surface area contributed by atoms with E-state index >= 15 is 0 Å². The number of fused-ring (bicyclic) bond motifs is 1. The number of nitrogens with one attached hydrogen (secondary N) is 1. The van der Waals surface area contributed by atoms with E-state index in [0.717, 1.165) is 27.3 Å². The Morgan fingerprint density at radius 1 is 1.00 bits per heavy atom. The predicted octanol–water partition coefficient (Wildman–Crippen LogP) is 2.37. The molecule has 0 bridgehead atoms. The van der Waals surface area contributed by atoms with E-state index < -0.39 is 10.0 Å². The molecule has 5 heterocycles. The fourth-order valence-corrected chi connectivity index (χ4v) is 5.22. The van der Waals surface area contributed by atoms with E-state index in [-0.39, 0.29) is 0 Å². The van der Waals surface area contributed by atoms with Crippen LogP contribution in [0.4, 0.5) is 16.6 Å². The van der Waals surface area contributed by atoms with Gasteiger partial charge in [-0.15, -0.1) is 0 Å². The maximum Gasteiger partial charge on any atom is 0.211 e. The third kappa shape index (κ3) is 4.38. The number of hydrogen-bond donors (Lipinski definition) is 1. The maximum absolute atomic E-state index is 11.7. The van der Waals surface area contributed by atoms with Crippen molar-refractivity contribution in [1.82, 2.24) is 29.5 Å². The molecule has 164 valence electrons. The Labute approximate surface area is 189 Å². The molecule has 0 aromatic carbocycles. The molecule has 4 aromatic heterocycles. The maximum atomic E-state index is 11.7. The molecule has 0 aliphatic carbocycles. The SMILES string of the molecule is CS(=O)(=O)N1CCN(c2ccnc(Nc3nc4ccc(-c5ccnnc5)nc4s3)c2)CC1. The van der Waals surface area contributed by atoms with Crippen molar-refractivity contribution >= 4 is 48.3 Å². The predicted molar refractivity (Wildman–Crippen MR) is 125 cm³/mol. The number of sulfonamides is 1. The van der Waals surface area contributed by atoms with E-state index in [2.05, 4.69) is 30.4 Å². The van der Waals surface area contributed by atoms with E-state index in [1.54, 1.807) is 18.6 Å². The van der Waals surface area contributed by atoms with Crippen molar-refractivity contribution in [3.63, 3.8) is 0 Å².